The minimum atomic E-state index is -0.358. The van der Waals surface area contributed by atoms with Crippen LogP contribution in [0.25, 0.3) is 0 Å². The quantitative estimate of drug-likeness (QED) is 0.754. The number of rotatable bonds is 7. The largest absolute Gasteiger partial charge is 0.391 e. The van der Waals surface area contributed by atoms with Crippen molar-refractivity contribution in [2.75, 3.05) is 18.8 Å². The molecular weight excluding hydrogens is 289 g/mol. The summed E-state index contributed by atoms with van der Waals surface area (Å²) in [6.07, 6.45) is -0.358. The van der Waals surface area contributed by atoms with Gasteiger partial charge in [-0.3, -0.25) is 0 Å². The van der Waals surface area contributed by atoms with Crippen molar-refractivity contribution in [3.8, 4) is 0 Å². The van der Waals surface area contributed by atoms with Crippen LogP contribution in [0.1, 0.15) is 13.8 Å². The first-order valence-corrected chi connectivity index (χ1v) is 7.70. The number of nitrogens with one attached hydrogen (secondary N) is 1. The molecule has 1 aromatic carbocycles. The van der Waals surface area contributed by atoms with Crippen molar-refractivity contribution in [1.82, 2.24) is 5.32 Å². The minimum Gasteiger partial charge on any atom is -0.391 e. The highest BCUT2D eigenvalue weighted by atomic mass is 35.5. The summed E-state index contributed by atoms with van der Waals surface area (Å²) >= 11 is 13.3. The molecule has 18 heavy (non-hydrogen) atoms. The maximum Gasteiger partial charge on any atom is 0.0758 e. The molecule has 0 aliphatic rings. The van der Waals surface area contributed by atoms with Gasteiger partial charge < -0.3 is 10.4 Å². The third-order valence-corrected chi connectivity index (χ3v) is 4.14. The van der Waals surface area contributed by atoms with Gasteiger partial charge in [0.25, 0.3) is 0 Å². The molecule has 2 N–H and O–H groups in total. The summed E-state index contributed by atoms with van der Waals surface area (Å²) in [5.41, 5.74) is 0. The molecule has 0 saturated heterocycles. The van der Waals surface area contributed by atoms with E-state index in [1.165, 1.54) is 0 Å². The Labute approximate surface area is 123 Å². The fourth-order valence-electron chi connectivity index (χ4n) is 1.36. The highest BCUT2D eigenvalue weighted by Gasteiger charge is 2.06. The molecule has 1 atom stereocenters. The highest BCUT2D eigenvalue weighted by molar-refractivity contribution is 7.99. The number of thioether (sulfide) groups is 1. The molecule has 1 unspecified atom stereocenters. The number of aliphatic hydroxyl groups excluding tert-OH is 1. The summed E-state index contributed by atoms with van der Waals surface area (Å²) in [7, 11) is 0. The third kappa shape index (κ3) is 6.30. The molecule has 0 amide bonds. The average molecular weight is 308 g/mol. The van der Waals surface area contributed by atoms with Gasteiger partial charge in [-0.25, -0.2) is 0 Å². The van der Waals surface area contributed by atoms with E-state index in [4.69, 9.17) is 23.2 Å². The number of hydrogen-bond acceptors (Lipinski definition) is 3. The zero-order chi connectivity index (χ0) is 13.5. The molecule has 0 saturated carbocycles. The van der Waals surface area contributed by atoms with Crippen molar-refractivity contribution in [2.24, 2.45) is 5.92 Å². The second-order valence-electron chi connectivity index (χ2n) is 4.59. The van der Waals surface area contributed by atoms with Gasteiger partial charge in [-0.2, -0.15) is 0 Å². The summed E-state index contributed by atoms with van der Waals surface area (Å²) < 4.78 is 0. The lowest BCUT2D eigenvalue weighted by molar-refractivity contribution is 0.194. The molecule has 1 aromatic rings. The Hall–Kier alpha value is 0.0700. The Morgan fingerprint density at radius 2 is 1.94 bits per heavy atom. The number of benzene rings is 1. The van der Waals surface area contributed by atoms with Crippen molar-refractivity contribution < 1.29 is 5.11 Å². The van der Waals surface area contributed by atoms with Crippen LogP contribution < -0.4 is 5.32 Å². The molecule has 0 fully saturated rings. The molecule has 0 aromatic heterocycles. The van der Waals surface area contributed by atoms with E-state index in [9.17, 15) is 5.11 Å². The van der Waals surface area contributed by atoms with Crippen molar-refractivity contribution in [3.05, 3.63) is 28.2 Å². The smallest absolute Gasteiger partial charge is 0.0758 e. The van der Waals surface area contributed by atoms with E-state index in [2.05, 4.69) is 19.2 Å². The van der Waals surface area contributed by atoms with Gasteiger partial charge >= 0.3 is 0 Å². The second-order valence-corrected chi connectivity index (χ2v) is 6.50. The zero-order valence-electron chi connectivity index (χ0n) is 10.6. The maximum absolute atomic E-state index is 9.80. The summed E-state index contributed by atoms with van der Waals surface area (Å²) in [5.74, 6) is 1.24. The number of halogens is 2. The third-order valence-electron chi connectivity index (χ3n) is 2.27. The standard InChI is InChI=1S/C13H19Cl2NOS/c1-9(2)6-16-7-10(17)8-18-11-3-4-12(14)13(15)5-11/h3-5,9-10,16-17H,6-8H2,1-2H3. The first-order valence-electron chi connectivity index (χ1n) is 5.95. The lowest BCUT2D eigenvalue weighted by atomic mass is 10.2. The zero-order valence-corrected chi connectivity index (χ0v) is 12.9. The Bertz CT molecular complexity index is 374. The number of aliphatic hydroxyl groups is 1. The highest BCUT2D eigenvalue weighted by Crippen LogP contribution is 2.28. The van der Waals surface area contributed by atoms with Crippen LogP contribution in [0.4, 0.5) is 0 Å². The van der Waals surface area contributed by atoms with Crippen LogP contribution in [0.5, 0.6) is 0 Å². The summed E-state index contributed by atoms with van der Waals surface area (Å²) in [4.78, 5) is 1.02. The molecule has 102 valence electrons. The fourth-order valence-corrected chi connectivity index (χ4v) is 2.59. The maximum atomic E-state index is 9.80. The molecule has 0 aliphatic heterocycles. The predicted octanol–water partition coefficient (Wildman–Crippen LogP) is 3.69. The van der Waals surface area contributed by atoms with E-state index in [1.54, 1.807) is 17.8 Å². The molecule has 0 spiro atoms. The van der Waals surface area contributed by atoms with Gasteiger partial charge in [0.15, 0.2) is 0 Å². The lowest BCUT2D eigenvalue weighted by Crippen LogP contribution is -2.30. The predicted molar refractivity (Wildman–Crippen MR) is 80.9 cm³/mol. The van der Waals surface area contributed by atoms with Crippen LogP contribution in [-0.4, -0.2) is 30.1 Å². The van der Waals surface area contributed by atoms with Crippen molar-refractivity contribution in [3.63, 3.8) is 0 Å². The monoisotopic (exact) mass is 307 g/mol. The van der Waals surface area contributed by atoms with Gasteiger partial charge in [-0.15, -0.1) is 11.8 Å². The van der Waals surface area contributed by atoms with E-state index >= 15 is 0 Å². The molecule has 5 heteroatoms. The number of hydrogen-bond donors (Lipinski definition) is 2. The van der Waals surface area contributed by atoms with Gasteiger partial charge in [0.1, 0.15) is 0 Å². The van der Waals surface area contributed by atoms with Crippen LogP contribution in [0.15, 0.2) is 23.1 Å². The van der Waals surface area contributed by atoms with E-state index in [-0.39, 0.29) is 6.10 Å². The minimum absolute atomic E-state index is 0.358. The molecule has 2 nitrogen and oxygen atoms in total. The Morgan fingerprint density at radius 3 is 2.56 bits per heavy atom. The Kier molecular flexibility index (Phi) is 7.42. The SMILES string of the molecule is CC(C)CNCC(O)CSc1ccc(Cl)c(Cl)c1. The first-order chi connectivity index (χ1) is 8.49. The topological polar surface area (TPSA) is 32.3 Å². The lowest BCUT2D eigenvalue weighted by Gasteiger charge is -2.13. The molecule has 0 radical (unpaired) electrons. The van der Waals surface area contributed by atoms with Gasteiger partial charge in [0.2, 0.25) is 0 Å². The normalized spacial score (nSPS) is 13.0. The first kappa shape index (κ1) is 16.1. The van der Waals surface area contributed by atoms with Gasteiger partial charge in [-0.05, 0) is 30.7 Å². The summed E-state index contributed by atoms with van der Waals surface area (Å²) in [5, 5.41) is 14.1. The second kappa shape index (κ2) is 8.28. The van der Waals surface area contributed by atoms with E-state index < -0.39 is 0 Å². The summed E-state index contributed by atoms with van der Waals surface area (Å²) in [6, 6.07) is 5.51. The average Bonchev–Trinajstić information content (AvgIpc) is 2.30. The van der Waals surface area contributed by atoms with Crippen LogP contribution >= 0.6 is 35.0 Å². The van der Waals surface area contributed by atoms with Gasteiger partial charge in [-0.1, -0.05) is 37.0 Å². The van der Waals surface area contributed by atoms with Crippen molar-refractivity contribution in [2.45, 2.75) is 24.8 Å². The molecule has 1 rings (SSSR count). The van der Waals surface area contributed by atoms with Gasteiger partial charge in [0.05, 0.1) is 16.1 Å². The van der Waals surface area contributed by atoms with Crippen molar-refractivity contribution in [1.29, 1.82) is 0 Å². The van der Waals surface area contributed by atoms with E-state index in [0.29, 0.717) is 28.3 Å². The Morgan fingerprint density at radius 1 is 1.22 bits per heavy atom. The molecule has 0 aliphatic carbocycles. The van der Waals surface area contributed by atoms with Crippen LogP contribution in [-0.2, 0) is 0 Å². The van der Waals surface area contributed by atoms with Crippen molar-refractivity contribution >= 4 is 35.0 Å². The van der Waals surface area contributed by atoms with E-state index in [0.717, 1.165) is 11.4 Å². The molecule has 0 bridgehead atoms. The van der Waals surface area contributed by atoms with Crippen LogP contribution in [0.2, 0.25) is 10.0 Å². The van der Waals surface area contributed by atoms with Crippen LogP contribution in [0, 0.1) is 5.92 Å². The molecular formula is C13H19Cl2NOS. The van der Waals surface area contributed by atoms with E-state index in [1.807, 2.05) is 12.1 Å². The van der Waals surface area contributed by atoms with Crippen LogP contribution in [0.3, 0.4) is 0 Å². The van der Waals surface area contributed by atoms with Gasteiger partial charge in [0, 0.05) is 17.2 Å². The fraction of sp³-hybridized carbons (Fsp3) is 0.538. The summed E-state index contributed by atoms with van der Waals surface area (Å²) in [6.45, 7) is 5.83. The Balaban J connectivity index is 2.29. The molecule has 0 heterocycles.